The predicted octanol–water partition coefficient (Wildman–Crippen LogP) is 2.66. The number of thiazole rings is 1. The number of likely N-dealkylation sites (N-methyl/N-ethyl adjacent to an activating group) is 1. The van der Waals surface area contributed by atoms with Crippen LogP contribution in [-0.2, 0) is 17.8 Å². The zero-order valence-corrected chi connectivity index (χ0v) is 15.8. The van der Waals surface area contributed by atoms with Crippen LogP contribution in [0.2, 0.25) is 0 Å². The molecule has 1 aromatic carbocycles. The molecule has 6 nitrogen and oxygen atoms in total. The number of carbonyl (C=O) groups excluding carboxylic acids is 1. The number of nitrogens with one attached hydrogen (secondary N) is 1. The minimum Gasteiger partial charge on any atom is -0.454 e. The van der Waals surface area contributed by atoms with Gasteiger partial charge in [-0.05, 0) is 45.1 Å². The number of rotatable bonds is 6. The molecular formula is C18H23N3O3S. The Balaban J connectivity index is 1.75. The predicted molar refractivity (Wildman–Crippen MR) is 97.1 cm³/mol. The number of carbonyl (C=O) groups is 1. The van der Waals surface area contributed by atoms with Crippen molar-refractivity contribution < 1.29 is 14.3 Å². The quantitative estimate of drug-likeness (QED) is 0.857. The SMILES string of the molecule is CCc1nc(C)sc1CNC(=O)[C@H](c1ccc2c(c1)OCO2)N(C)C. The van der Waals surface area contributed by atoms with Crippen molar-refractivity contribution in [1.82, 2.24) is 15.2 Å². The maximum Gasteiger partial charge on any atom is 0.242 e. The van der Waals surface area contributed by atoms with Crippen LogP contribution in [0.4, 0.5) is 0 Å². The molecule has 0 saturated heterocycles. The number of ether oxygens (including phenoxy) is 2. The van der Waals surface area contributed by atoms with Crippen LogP contribution in [0.5, 0.6) is 11.5 Å². The third-order valence-electron chi connectivity index (χ3n) is 4.12. The van der Waals surface area contributed by atoms with Gasteiger partial charge in [-0.2, -0.15) is 0 Å². The standard InChI is InChI=1S/C18H23N3O3S/c1-5-13-16(25-11(2)20-13)9-19-18(22)17(21(3)4)12-6-7-14-15(8-12)24-10-23-14/h6-8,17H,5,9-10H2,1-4H3,(H,19,22)/t17-/m0/s1. The first-order chi connectivity index (χ1) is 12.0. The zero-order valence-electron chi connectivity index (χ0n) is 15.0. The topological polar surface area (TPSA) is 63.7 Å². The summed E-state index contributed by atoms with van der Waals surface area (Å²) in [6.07, 6.45) is 0.870. The molecule has 0 spiro atoms. The Hall–Kier alpha value is -2.12. The Labute approximate surface area is 151 Å². The molecule has 1 N–H and O–H groups in total. The first-order valence-corrected chi connectivity index (χ1v) is 9.10. The lowest BCUT2D eigenvalue weighted by atomic mass is 10.0. The molecule has 1 atom stereocenters. The Morgan fingerprint density at radius 1 is 1.36 bits per heavy atom. The number of aryl methyl sites for hydroxylation is 2. The second-order valence-electron chi connectivity index (χ2n) is 6.15. The van der Waals surface area contributed by atoms with E-state index < -0.39 is 6.04 Å². The molecule has 1 aliphatic heterocycles. The fourth-order valence-corrected chi connectivity index (χ4v) is 3.92. The number of aromatic nitrogens is 1. The number of nitrogens with zero attached hydrogens (tertiary/aromatic N) is 2. The van der Waals surface area contributed by atoms with Crippen molar-refractivity contribution in [3.05, 3.63) is 39.3 Å². The zero-order chi connectivity index (χ0) is 18.0. The lowest BCUT2D eigenvalue weighted by Gasteiger charge is -2.24. The van der Waals surface area contributed by atoms with Gasteiger partial charge in [0.25, 0.3) is 0 Å². The highest BCUT2D eigenvalue weighted by Crippen LogP contribution is 2.35. The average Bonchev–Trinajstić information content (AvgIpc) is 3.18. The second kappa shape index (κ2) is 7.41. The van der Waals surface area contributed by atoms with Crippen LogP contribution < -0.4 is 14.8 Å². The molecule has 25 heavy (non-hydrogen) atoms. The molecule has 0 saturated carbocycles. The van der Waals surface area contributed by atoms with Crippen LogP contribution in [0.1, 0.15) is 34.1 Å². The molecule has 0 aliphatic carbocycles. The minimum atomic E-state index is -0.395. The molecule has 0 bridgehead atoms. The largest absolute Gasteiger partial charge is 0.454 e. The van der Waals surface area contributed by atoms with E-state index in [9.17, 15) is 4.79 Å². The van der Waals surface area contributed by atoms with Crippen LogP contribution in [0.15, 0.2) is 18.2 Å². The lowest BCUT2D eigenvalue weighted by molar-refractivity contribution is -0.125. The van der Waals surface area contributed by atoms with Crippen molar-refractivity contribution in [1.29, 1.82) is 0 Å². The highest BCUT2D eigenvalue weighted by molar-refractivity contribution is 7.11. The number of hydrogen-bond donors (Lipinski definition) is 1. The first-order valence-electron chi connectivity index (χ1n) is 8.28. The molecule has 1 amide bonds. The van der Waals surface area contributed by atoms with Gasteiger partial charge in [0, 0.05) is 4.88 Å². The van der Waals surface area contributed by atoms with E-state index in [-0.39, 0.29) is 12.7 Å². The van der Waals surface area contributed by atoms with Gasteiger partial charge in [0.15, 0.2) is 11.5 Å². The summed E-state index contributed by atoms with van der Waals surface area (Å²) in [6, 6.07) is 5.24. The Bertz CT molecular complexity index is 773. The Morgan fingerprint density at radius 2 is 2.12 bits per heavy atom. The summed E-state index contributed by atoms with van der Waals surface area (Å²) in [5.41, 5.74) is 1.94. The van der Waals surface area contributed by atoms with E-state index in [0.29, 0.717) is 12.3 Å². The smallest absolute Gasteiger partial charge is 0.242 e. The fourth-order valence-electron chi connectivity index (χ4n) is 2.96. The van der Waals surface area contributed by atoms with Gasteiger partial charge in [-0.1, -0.05) is 13.0 Å². The second-order valence-corrected chi connectivity index (χ2v) is 7.44. The van der Waals surface area contributed by atoms with Crippen LogP contribution in [0.25, 0.3) is 0 Å². The van der Waals surface area contributed by atoms with E-state index in [1.807, 2.05) is 44.1 Å². The number of fused-ring (bicyclic) bond motifs is 1. The van der Waals surface area contributed by atoms with E-state index in [0.717, 1.165) is 33.3 Å². The minimum absolute atomic E-state index is 0.0445. The Morgan fingerprint density at radius 3 is 2.84 bits per heavy atom. The average molecular weight is 361 g/mol. The van der Waals surface area contributed by atoms with Gasteiger partial charge in [-0.15, -0.1) is 11.3 Å². The van der Waals surface area contributed by atoms with Crippen molar-refractivity contribution in [2.24, 2.45) is 0 Å². The van der Waals surface area contributed by atoms with Crippen LogP contribution in [0.3, 0.4) is 0 Å². The van der Waals surface area contributed by atoms with E-state index >= 15 is 0 Å². The molecule has 0 fully saturated rings. The molecule has 2 heterocycles. The molecule has 0 radical (unpaired) electrons. The summed E-state index contributed by atoms with van der Waals surface area (Å²) >= 11 is 1.64. The van der Waals surface area contributed by atoms with Crippen molar-refractivity contribution >= 4 is 17.2 Å². The van der Waals surface area contributed by atoms with Gasteiger partial charge in [-0.25, -0.2) is 4.98 Å². The van der Waals surface area contributed by atoms with Gasteiger partial charge in [0.1, 0.15) is 6.04 Å². The first kappa shape index (κ1) is 17.7. The molecule has 7 heteroatoms. The van der Waals surface area contributed by atoms with E-state index in [1.165, 1.54) is 0 Å². The van der Waals surface area contributed by atoms with Gasteiger partial charge >= 0.3 is 0 Å². The number of amides is 1. The van der Waals surface area contributed by atoms with E-state index in [2.05, 4.69) is 17.2 Å². The summed E-state index contributed by atoms with van der Waals surface area (Å²) < 4.78 is 10.8. The third kappa shape index (κ3) is 3.77. The monoisotopic (exact) mass is 361 g/mol. The van der Waals surface area contributed by atoms with E-state index in [4.69, 9.17) is 9.47 Å². The van der Waals surface area contributed by atoms with Crippen molar-refractivity contribution in [3.63, 3.8) is 0 Å². The van der Waals surface area contributed by atoms with E-state index in [1.54, 1.807) is 11.3 Å². The summed E-state index contributed by atoms with van der Waals surface area (Å²) in [5.74, 6) is 1.36. The third-order valence-corrected chi connectivity index (χ3v) is 5.13. The molecule has 2 aromatic rings. The highest BCUT2D eigenvalue weighted by atomic mass is 32.1. The molecule has 0 unspecified atom stereocenters. The fraction of sp³-hybridized carbons (Fsp3) is 0.444. The summed E-state index contributed by atoms with van der Waals surface area (Å²) in [4.78, 5) is 20.4. The highest BCUT2D eigenvalue weighted by Gasteiger charge is 2.25. The van der Waals surface area contributed by atoms with Crippen LogP contribution in [0, 0.1) is 6.92 Å². The molecular weight excluding hydrogens is 338 g/mol. The molecule has 1 aliphatic rings. The van der Waals surface area contributed by atoms with Crippen LogP contribution in [-0.4, -0.2) is 36.7 Å². The van der Waals surface area contributed by atoms with Gasteiger partial charge in [0.2, 0.25) is 12.7 Å². The maximum atomic E-state index is 12.8. The van der Waals surface area contributed by atoms with Crippen molar-refractivity contribution in [2.75, 3.05) is 20.9 Å². The normalized spacial score (nSPS) is 14.0. The lowest BCUT2D eigenvalue weighted by Crippen LogP contribution is -2.36. The van der Waals surface area contributed by atoms with Gasteiger partial charge < -0.3 is 14.8 Å². The molecule has 1 aromatic heterocycles. The van der Waals surface area contributed by atoms with Crippen molar-refractivity contribution in [3.8, 4) is 11.5 Å². The molecule has 134 valence electrons. The summed E-state index contributed by atoms with van der Waals surface area (Å²) in [7, 11) is 3.78. The summed E-state index contributed by atoms with van der Waals surface area (Å²) in [6.45, 7) is 4.80. The molecule has 3 rings (SSSR count). The summed E-state index contributed by atoms with van der Waals surface area (Å²) in [5, 5.41) is 4.08. The Kier molecular flexibility index (Phi) is 5.24. The van der Waals surface area contributed by atoms with Gasteiger partial charge in [-0.3, -0.25) is 9.69 Å². The van der Waals surface area contributed by atoms with Crippen molar-refractivity contribution in [2.45, 2.75) is 32.9 Å². The number of hydrogen-bond acceptors (Lipinski definition) is 6. The number of benzene rings is 1. The maximum absolute atomic E-state index is 12.8. The van der Waals surface area contributed by atoms with Gasteiger partial charge in [0.05, 0.1) is 17.2 Å². The van der Waals surface area contributed by atoms with Crippen LogP contribution >= 0.6 is 11.3 Å².